The maximum atomic E-state index is 13.9. The van der Waals surface area contributed by atoms with Crippen LogP contribution in [-0.2, 0) is 10.0 Å². The number of nitrogens with two attached hydrogens (primary N) is 1. The van der Waals surface area contributed by atoms with Gasteiger partial charge in [0.2, 0.25) is 10.0 Å². The number of anilines is 1. The van der Waals surface area contributed by atoms with Gasteiger partial charge in [-0.15, -0.1) is 0 Å². The van der Waals surface area contributed by atoms with Gasteiger partial charge in [0.05, 0.1) is 0 Å². The van der Waals surface area contributed by atoms with Crippen LogP contribution in [0.4, 0.5) is 10.1 Å². The summed E-state index contributed by atoms with van der Waals surface area (Å²) in [6.45, 7) is 5.00. The number of nitrogen functional groups attached to an aromatic ring is 1. The second-order valence-corrected chi connectivity index (χ2v) is 9.16. The smallest absolute Gasteiger partial charge is 0.246 e. The molecule has 112 valence electrons. The van der Waals surface area contributed by atoms with E-state index in [0.29, 0.717) is 18.8 Å². The van der Waals surface area contributed by atoms with Crippen LogP contribution in [-0.4, -0.2) is 36.3 Å². The van der Waals surface area contributed by atoms with E-state index < -0.39 is 15.8 Å². The van der Waals surface area contributed by atoms with Gasteiger partial charge in [-0.2, -0.15) is 16.1 Å². The molecular weight excluding hydrogens is 299 g/mol. The summed E-state index contributed by atoms with van der Waals surface area (Å²) in [5.74, 6) is -0.0795. The van der Waals surface area contributed by atoms with Crippen LogP contribution in [0, 0.1) is 5.82 Å². The quantitative estimate of drug-likeness (QED) is 0.850. The van der Waals surface area contributed by atoms with Gasteiger partial charge in [0.15, 0.2) is 0 Å². The molecule has 1 aromatic carbocycles. The summed E-state index contributed by atoms with van der Waals surface area (Å²) in [5.41, 5.74) is 5.67. The zero-order valence-electron chi connectivity index (χ0n) is 11.6. The third kappa shape index (κ3) is 3.27. The average Bonchev–Trinajstić information content (AvgIpc) is 2.50. The van der Waals surface area contributed by atoms with Crippen molar-refractivity contribution in [2.75, 3.05) is 24.6 Å². The van der Waals surface area contributed by atoms with Gasteiger partial charge in [-0.25, -0.2) is 12.8 Å². The second-order valence-electron chi connectivity index (χ2n) is 5.45. The first kappa shape index (κ1) is 15.6. The number of thioether (sulfide) groups is 1. The van der Waals surface area contributed by atoms with E-state index in [1.165, 1.54) is 16.4 Å². The first-order valence-corrected chi connectivity index (χ1v) is 8.84. The SMILES string of the molecule is CC1(C)CCN(S(=O)(=O)c2ccc(N)cc2F)CCS1. The van der Waals surface area contributed by atoms with Gasteiger partial charge in [-0.05, 0) is 24.6 Å². The van der Waals surface area contributed by atoms with Crippen molar-refractivity contribution in [1.82, 2.24) is 4.31 Å². The number of nitrogens with zero attached hydrogens (tertiary/aromatic N) is 1. The molecule has 0 bridgehead atoms. The molecule has 1 aromatic rings. The van der Waals surface area contributed by atoms with Crippen LogP contribution in [0.3, 0.4) is 0 Å². The highest BCUT2D eigenvalue weighted by atomic mass is 32.2. The molecule has 0 aliphatic carbocycles. The highest BCUT2D eigenvalue weighted by molar-refractivity contribution is 8.00. The van der Waals surface area contributed by atoms with E-state index >= 15 is 0 Å². The first-order valence-electron chi connectivity index (χ1n) is 6.41. The van der Waals surface area contributed by atoms with E-state index in [1.807, 2.05) is 0 Å². The fraction of sp³-hybridized carbons (Fsp3) is 0.538. The van der Waals surface area contributed by atoms with Gasteiger partial charge in [0, 0.05) is 29.3 Å². The van der Waals surface area contributed by atoms with Crippen LogP contribution in [0.25, 0.3) is 0 Å². The molecule has 1 aliphatic rings. The van der Waals surface area contributed by atoms with Crippen LogP contribution < -0.4 is 5.73 Å². The number of rotatable bonds is 2. The Hall–Kier alpha value is -0.790. The van der Waals surface area contributed by atoms with Crippen molar-refractivity contribution in [2.45, 2.75) is 29.9 Å². The molecule has 0 spiro atoms. The Morgan fingerprint density at radius 2 is 2.05 bits per heavy atom. The number of sulfonamides is 1. The molecule has 2 rings (SSSR count). The molecule has 0 radical (unpaired) electrons. The summed E-state index contributed by atoms with van der Waals surface area (Å²) in [6.07, 6.45) is 0.744. The predicted molar refractivity (Wildman–Crippen MR) is 80.7 cm³/mol. The van der Waals surface area contributed by atoms with E-state index in [2.05, 4.69) is 13.8 Å². The third-order valence-electron chi connectivity index (χ3n) is 3.37. The molecule has 20 heavy (non-hydrogen) atoms. The van der Waals surface area contributed by atoms with Gasteiger partial charge in [0.1, 0.15) is 10.7 Å². The predicted octanol–water partition coefficient (Wildman–Crippen LogP) is 2.31. The number of halogens is 1. The van der Waals surface area contributed by atoms with E-state index in [1.54, 1.807) is 11.8 Å². The Kier molecular flexibility index (Phi) is 4.32. The van der Waals surface area contributed by atoms with Gasteiger partial charge >= 0.3 is 0 Å². The topological polar surface area (TPSA) is 63.4 Å². The molecule has 0 unspecified atom stereocenters. The lowest BCUT2D eigenvalue weighted by Gasteiger charge is -2.22. The van der Waals surface area contributed by atoms with Crippen LogP contribution >= 0.6 is 11.8 Å². The highest BCUT2D eigenvalue weighted by Gasteiger charge is 2.32. The van der Waals surface area contributed by atoms with Gasteiger partial charge < -0.3 is 5.73 Å². The lowest BCUT2D eigenvalue weighted by Crippen LogP contribution is -2.34. The standard InChI is InChI=1S/C13H19FN2O2S2/c1-13(2)5-6-16(7-8-19-13)20(17,18)12-4-3-10(15)9-11(12)14/h3-4,9H,5-8,15H2,1-2H3. The molecule has 0 atom stereocenters. The molecule has 1 heterocycles. The van der Waals surface area contributed by atoms with Crippen molar-refractivity contribution in [3.8, 4) is 0 Å². The Bertz CT molecular complexity index is 602. The van der Waals surface area contributed by atoms with E-state index in [0.717, 1.165) is 12.5 Å². The molecule has 7 heteroatoms. The van der Waals surface area contributed by atoms with Gasteiger partial charge in [0.25, 0.3) is 0 Å². The average molecular weight is 318 g/mol. The molecule has 1 saturated heterocycles. The minimum Gasteiger partial charge on any atom is -0.399 e. The summed E-state index contributed by atoms with van der Waals surface area (Å²) in [5, 5.41) is 0. The van der Waals surface area contributed by atoms with Crippen molar-refractivity contribution in [2.24, 2.45) is 0 Å². The zero-order valence-corrected chi connectivity index (χ0v) is 13.2. The molecule has 0 amide bonds. The molecule has 4 nitrogen and oxygen atoms in total. The minimum absolute atomic E-state index is 0.0456. The summed E-state index contributed by atoms with van der Waals surface area (Å²) >= 11 is 1.74. The summed E-state index contributed by atoms with van der Waals surface area (Å²) in [4.78, 5) is -0.295. The third-order valence-corrected chi connectivity index (χ3v) is 6.67. The van der Waals surface area contributed by atoms with Crippen LogP contribution in [0.15, 0.2) is 23.1 Å². The maximum Gasteiger partial charge on any atom is 0.246 e. The second kappa shape index (κ2) is 5.54. The van der Waals surface area contributed by atoms with E-state index in [9.17, 15) is 12.8 Å². The van der Waals surface area contributed by atoms with Crippen LogP contribution in [0.2, 0.25) is 0 Å². The minimum atomic E-state index is -3.79. The Labute approximate surface area is 123 Å². The maximum absolute atomic E-state index is 13.9. The first-order chi connectivity index (χ1) is 9.22. The highest BCUT2D eigenvalue weighted by Crippen LogP contribution is 2.32. The zero-order chi connectivity index (χ0) is 15.0. The number of hydrogen-bond acceptors (Lipinski definition) is 4. The van der Waals surface area contributed by atoms with E-state index in [4.69, 9.17) is 5.73 Å². The van der Waals surface area contributed by atoms with Crippen molar-refractivity contribution in [3.63, 3.8) is 0 Å². The van der Waals surface area contributed by atoms with Gasteiger partial charge in [-0.3, -0.25) is 0 Å². The Balaban J connectivity index is 2.30. The van der Waals surface area contributed by atoms with E-state index in [-0.39, 0.29) is 15.3 Å². The monoisotopic (exact) mass is 318 g/mol. The summed E-state index contributed by atoms with van der Waals surface area (Å²) in [7, 11) is -3.79. The lowest BCUT2D eigenvalue weighted by atomic mass is 10.1. The molecule has 1 fully saturated rings. The van der Waals surface area contributed by atoms with Crippen LogP contribution in [0.1, 0.15) is 20.3 Å². The molecule has 1 aliphatic heterocycles. The van der Waals surface area contributed by atoms with Crippen LogP contribution in [0.5, 0.6) is 0 Å². The number of hydrogen-bond donors (Lipinski definition) is 1. The normalized spacial score (nSPS) is 20.6. The Morgan fingerprint density at radius 3 is 2.70 bits per heavy atom. The fourth-order valence-corrected chi connectivity index (χ4v) is 4.81. The summed E-state index contributed by atoms with van der Waals surface area (Å²) < 4.78 is 40.3. The summed E-state index contributed by atoms with van der Waals surface area (Å²) in [6, 6.07) is 3.69. The largest absolute Gasteiger partial charge is 0.399 e. The Morgan fingerprint density at radius 1 is 1.35 bits per heavy atom. The fourth-order valence-electron chi connectivity index (χ4n) is 2.11. The number of benzene rings is 1. The lowest BCUT2D eigenvalue weighted by molar-refractivity contribution is 0.412. The van der Waals surface area contributed by atoms with Crippen molar-refractivity contribution in [1.29, 1.82) is 0 Å². The van der Waals surface area contributed by atoms with Crippen molar-refractivity contribution >= 4 is 27.5 Å². The molecular formula is C13H19FN2O2S2. The van der Waals surface area contributed by atoms with Crippen molar-refractivity contribution in [3.05, 3.63) is 24.0 Å². The van der Waals surface area contributed by atoms with Gasteiger partial charge in [-0.1, -0.05) is 13.8 Å². The molecule has 0 saturated carbocycles. The molecule has 0 aromatic heterocycles. The van der Waals surface area contributed by atoms with Crippen molar-refractivity contribution < 1.29 is 12.8 Å². The molecule has 2 N–H and O–H groups in total.